The second-order valence-electron chi connectivity index (χ2n) is 8.45. The number of aryl methyl sites for hydroxylation is 4. The number of thiophene rings is 1. The van der Waals surface area contributed by atoms with Crippen LogP contribution in [0.3, 0.4) is 0 Å². The van der Waals surface area contributed by atoms with Gasteiger partial charge in [0.1, 0.15) is 4.83 Å². The van der Waals surface area contributed by atoms with Crippen LogP contribution in [0.5, 0.6) is 0 Å². The molecule has 0 aliphatic heterocycles. The number of hydrogen-bond donors (Lipinski definition) is 0. The van der Waals surface area contributed by atoms with Gasteiger partial charge in [-0.1, -0.05) is 43.2 Å². The van der Waals surface area contributed by atoms with Crippen molar-refractivity contribution in [1.82, 2.24) is 4.98 Å². The van der Waals surface area contributed by atoms with Crippen molar-refractivity contribution >= 4 is 29.1 Å². The lowest BCUT2D eigenvalue weighted by Gasteiger charge is -2.28. The summed E-state index contributed by atoms with van der Waals surface area (Å²) < 4.78 is 24.8. The highest BCUT2D eigenvalue weighted by Gasteiger charge is 2.39. The SMILES string of the molecule is CCCC(c1c(C)nc2sc3c(c2c1-c1ccc(C)cc1)CCCC3)P(=O)(OC)OC. The molecule has 1 aliphatic carbocycles. The molecule has 2 heterocycles. The predicted molar refractivity (Wildman–Crippen MR) is 130 cm³/mol. The predicted octanol–water partition coefficient (Wildman–Crippen LogP) is 7.79. The first-order valence-electron chi connectivity index (χ1n) is 11.2. The van der Waals surface area contributed by atoms with Crippen molar-refractivity contribution < 1.29 is 13.6 Å². The van der Waals surface area contributed by atoms with Gasteiger partial charge in [-0.2, -0.15) is 0 Å². The summed E-state index contributed by atoms with van der Waals surface area (Å²) in [5, 5.41) is 1.25. The largest absolute Gasteiger partial charge is 0.337 e. The van der Waals surface area contributed by atoms with Gasteiger partial charge in [-0.15, -0.1) is 11.3 Å². The molecule has 0 fully saturated rings. The van der Waals surface area contributed by atoms with Gasteiger partial charge in [0.15, 0.2) is 0 Å². The van der Waals surface area contributed by atoms with Gasteiger partial charge >= 0.3 is 7.60 Å². The molecule has 31 heavy (non-hydrogen) atoms. The highest BCUT2D eigenvalue weighted by atomic mass is 32.1. The van der Waals surface area contributed by atoms with E-state index in [1.165, 1.54) is 54.0 Å². The molecule has 0 amide bonds. The first-order chi connectivity index (χ1) is 14.9. The summed E-state index contributed by atoms with van der Waals surface area (Å²) >= 11 is 1.84. The fourth-order valence-electron chi connectivity index (χ4n) is 4.91. The van der Waals surface area contributed by atoms with Crippen LogP contribution in [-0.4, -0.2) is 19.2 Å². The van der Waals surface area contributed by atoms with Crippen molar-refractivity contribution in [2.45, 2.75) is 65.0 Å². The van der Waals surface area contributed by atoms with Gasteiger partial charge in [-0.3, -0.25) is 4.57 Å². The van der Waals surface area contributed by atoms with E-state index in [0.717, 1.165) is 47.3 Å². The summed E-state index contributed by atoms with van der Waals surface area (Å²) in [4.78, 5) is 7.62. The summed E-state index contributed by atoms with van der Waals surface area (Å²) in [6, 6.07) is 8.68. The van der Waals surface area contributed by atoms with Crippen LogP contribution < -0.4 is 0 Å². The minimum absolute atomic E-state index is 0.347. The molecule has 166 valence electrons. The third-order valence-corrected chi connectivity index (χ3v) is 9.94. The zero-order valence-corrected chi connectivity index (χ0v) is 20.9. The van der Waals surface area contributed by atoms with Crippen LogP contribution in [0.15, 0.2) is 24.3 Å². The molecule has 0 N–H and O–H groups in total. The van der Waals surface area contributed by atoms with E-state index >= 15 is 0 Å². The van der Waals surface area contributed by atoms with Crippen LogP contribution in [0.4, 0.5) is 0 Å². The Hall–Kier alpha value is -1.52. The van der Waals surface area contributed by atoms with Crippen molar-refractivity contribution in [3.05, 3.63) is 51.5 Å². The van der Waals surface area contributed by atoms with E-state index in [4.69, 9.17) is 14.0 Å². The van der Waals surface area contributed by atoms with Crippen molar-refractivity contribution in [3.63, 3.8) is 0 Å². The minimum Gasteiger partial charge on any atom is -0.312 e. The molecule has 1 unspecified atom stereocenters. The lowest BCUT2D eigenvalue weighted by atomic mass is 9.88. The van der Waals surface area contributed by atoms with Crippen molar-refractivity contribution in [3.8, 4) is 11.1 Å². The Kier molecular flexibility index (Phi) is 6.69. The highest BCUT2D eigenvalue weighted by molar-refractivity contribution is 7.54. The maximum absolute atomic E-state index is 13.7. The first-order valence-corrected chi connectivity index (χ1v) is 13.6. The molecule has 1 atom stereocenters. The molecular weight excluding hydrogens is 425 g/mol. The minimum atomic E-state index is -3.34. The summed E-state index contributed by atoms with van der Waals surface area (Å²) in [7, 11) is -0.353. The molecule has 0 bridgehead atoms. The second kappa shape index (κ2) is 9.15. The smallest absolute Gasteiger partial charge is 0.312 e. The van der Waals surface area contributed by atoms with Crippen molar-refractivity contribution in [1.29, 1.82) is 0 Å². The summed E-state index contributed by atoms with van der Waals surface area (Å²) in [6.45, 7) is 6.26. The van der Waals surface area contributed by atoms with Crippen LogP contribution in [-0.2, 0) is 26.5 Å². The average Bonchev–Trinajstić information content (AvgIpc) is 3.15. The van der Waals surface area contributed by atoms with E-state index in [0.29, 0.717) is 0 Å². The monoisotopic (exact) mass is 457 g/mol. The summed E-state index contributed by atoms with van der Waals surface area (Å²) in [5.41, 5.74) is 6.60. The fourth-order valence-corrected chi connectivity index (χ4v) is 8.09. The molecule has 0 radical (unpaired) electrons. The molecule has 6 heteroatoms. The Balaban J connectivity index is 2.11. The van der Waals surface area contributed by atoms with Crippen molar-refractivity contribution in [2.75, 3.05) is 14.2 Å². The Morgan fingerprint density at radius 2 is 1.77 bits per heavy atom. The van der Waals surface area contributed by atoms with E-state index in [2.05, 4.69) is 38.1 Å². The number of benzene rings is 1. The number of hydrogen-bond acceptors (Lipinski definition) is 5. The summed E-state index contributed by atoms with van der Waals surface area (Å²) in [6.07, 6.45) is 6.27. The Morgan fingerprint density at radius 3 is 2.42 bits per heavy atom. The Bertz CT molecular complexity index is 1130. The quantitative estimate of drug-likeness (QED) is 0.340. The molecule has 0 spiro atoms. The normalized spacial score (nSPS) is 15.3. The molecule has 3 aromatic rings. The van der Waals surface area contributed by atoms with Gasteiger partial charge < -0.3 is 9.05 Å². The van der Waals surface area contributed by atoms with Gasteiger partial charge in [0.2, 0.25) is 0 Å². The lowest BCUT2D eigenvalue weighted by molar-refractivity contribution is 0.263. The zero-order chi connectivity index (χ0) is 22.2. The molecule has 4 rings (SSSR count). The standard InChI is InChI=1S/C25H32NO3PS/c1-6-9-20(30(27,28-4)29-5)22-17(3)26-25-24(19-10-7-8-11-21(19)31-25)23(22)18-14-12-16(2)13-15-18/h12-15,20H,6-11H2,1-5H3. The maximum Gasteiger partial charge on any atom is 0.337 e. The van der Waals surface area contributed by atoms with Crippen LogP contribution in [0, 0.1) is 13.8 Å². The molecule has 4 nitrogen and oxygen atoms in total. The number of fused-ring (bicyclic) bond motifs is 3. The number of nitrogens with zero attached hydrogens (tertiary/aromatic N) is 1. The van der Waals surface area contributed by atoms with Gasteiger partial charge in [0, 0.05) is 30.2 Å². The van der Waals surface area contributed by atoms with Crippen LogP contribution in [0.25, 0.3) is 21.3 Å². The highest BCUT2D eigenvalue weighted by Crippen LogP contribution is 2.64. The lowest BCUT2D eigenvalue weighted by Crippen LogP contribution is -2.10. The first kappa shape index (κ1) is 22.7. The van der Waals surface area contributed by atoms with Gasteiger partial charge in [0.25, 0.3) is 0 Å². The maximum atomic E-state index is 13.7. The zero-order valence-electron chi connectivity index (χ0n) is 19.2. The Morgan fingerprint density at radius 1 is 1.10 bits per heavy atom. The Labute approximate surface area is 189 Å². The van der Waals surface area contributed by atoms with Crippen molar-refractivity contribution in [2.24, 2.45) is 0 Å². The van der Waals surface area contributed by atoms with Crippen LogP contribution >= 0.6 is 18.9 Å². The molecule has 2 aromatic heterocycles. The molecule has 0 saturated carbocycles. The molecule has 0 saturated heterocycles. The van der Waals surface area contributed by atoms with Crippen LogP contribution in [0.1, 0.15) is 65.5 Å². The van der Waals surface area contributed by atoms with E-state index in [1.54, 1.807) is 0 Å². The molecule has 1 aliphatic rings. The third-order valence-electron chi connectivity index (χ3n) is 6.46. The van der Waals surface area contributed by atoms with Gasteiger partial charge in [0.05, 0.1) is 5.66 Å². The average molecular weight is 458 g/mol. The van der Waals surface area contributed by atoms with Gasteiger partial charge in [-0.25, -0.2) is 4.98 Å². The fraction of sp³-hybridized carbons (Fsp3) is 0.480. The summed E-state index contributed by atoms with van der Waals surface area (Å²) in [5.74, 6) is 0. The molecular formula is C25H32NO3PS. The topological polar surface area (TPSA) is 48.4 Å². The van der Waals surface area contributed by atoms with E-state index < -0.39 is 7.60 Å². The third kappa shape index (κ3) is 4.02. The molecule has 1 aromatic carbocycles. The number of aromatic nitrogens is 1. The second-order valence-corrected chi connectivity index (χ2v) is 12.0. The van der Waals surface area contributed by atoms with E-state index in [-0.39, 0.29) is 5.66 Å². The number of pyridine rings is 1. The van der Waals surface area contributed by atoms with Crippen LogP contribution in [0.2, 0.25) is 0 Å². The van der Waals surface area contributed by atoms with E-state index in [1.807, 2.05) is 18.3 Å². The van der Waals surface area contributed by atoms with Gasteiger partial charge in [-0.05, 0) is 68.2 Å². The van der Waals surface area contributed by atoms with E-state index in [9.17, 15) is 4.57 Å². The number of rotatable bonds is 7.